The molecule has 1 unspecified atom stereocenters. The number of alkyl halides is 1. The Morgan fingerprint density at radius 2 is 1.40 bits per heavy atom. The number of halogens is 4. The van der Waals surface area contributed by atoms with Gasteiger partial charge in [0, 0.05) is 5.88 Å². The minimum atomic E-state index is 0. The zero-order valence-electron chi connectivity index (χ0n) is 6.14. The van der Waals surface area contributed by atoms with E-state index in [1.165, 1.54) is 19.3 Å². The highest BCUT2D eigenvalue weighted by atomic mass is 35.5. The van der Waals surface area contributed by atoms with Crippen LogP contribution in [0.3, 0.4) is 0 Å². The van der Waals surface area contributed by atoms with E-state index in [-0.39, 0.29) is 47.1 Å². The zero-order valence-corrected chi connectivity index (χ0v) is 10.8. The van der Waals surface area contributed by atoms with E-state index in [0.717, 1.165) is 5.88 Å². The summed E-state index contributed by atoms with van der Waals surface area (Å²) in [4.78, 5) is 0. The van der Waals surface area contributed by atoms with Crippen molar-refractivity contribution in [1.82, 2.24) is 0 Å². The van der Waals surface area contributed by atoms with Crippen molar-refractivity contribution in [2.24, 2.45) is 0 Å². The van der Waals surface area contributed by atoms with Gasteiger partial charge in [-0.05, 0) is 6.42 Å². The molecular weight excluding hydrogens is 233 g/mol. The van der Waals surface area contributed by atoms with Gasteiger partial charge in [-0.3, -0.25) is 0 Å². The molecule has 1 atom stereocenters. The highest BCUT2D eigenvalue weighted by molar-refractivity contribution is 6.92. The molecule has 0 radical (unpaired) electrons. The molecule has 0 N–H and O–H groups in total. The Morgan fingerprint density at radius 3 is 1.50 bits per heavy atom. The molecule has 10 heavy (non-hydrogen) atoms. The van der Waals surface area contributed by atoms with Crippen LogP contribution in [0, 0.1) is 0 Å². The average molecular weight is 250 g/mol. The zero-order chi connectivity index (χ0) is 4.83. The number of hydrogen-bond acceptors (Lipinski definition) is 0. The van der Waals surface area contributed by atoms with E-state index in [4.69, 9.17) is 11.6 Å². The summed E-state index contributed by atoms with van der Waals surface area (Å²) in [5, 5.41) is 0. The topological polar surface area (TPSA) is 0 Å². The molecule has 0 heterocycles. The molecule has 5 heteroatoms. The van der Waals surface area contributed by atoms with E-state index in [1.54, 1.807) is 0 Å². The molecule has 0 nitrogen and oxygen atoms in total. The van der Waals surface area contributed by atoms with Crippen LogP contribution >= 0.6 is 58.7 Å². The largest absolute Gasteiger partial charge is 0.153 e. The normalized spacial score (nSPS) is 5.40. The van der Waals surface area contributed by atoms with E-state index in [0.29, 0.717) is 0 Å². The molecule has 70 valence electrons. The molecule has 0 aliphatic rings. The van der Waals surface area contributed by atoms with Crippen molar-refractivity contribution in [3.63, 3.8) is 0 Å². The average Bonchev–Trinajstić information content (AvgIpc) is 1.61. The quantitative estimate of drug-likeness (QED) is 0.406. The first kappa shape index (κ1) is 29.9. The third-order valence-electron chi connectivity index (χ3n) is 0.737. The fourth-order valence-corrected chi connectivity index (χ4v) is 0.533. The lowest BCUT2D eigenvalue weighted by molar-refractivity contribution is 0.776. The predicted octanol–water partition coefficient (Wildman–Crippen LogP) is 3.74. The Balaban J connectivity index is -0.0000000208. The fourth-order valence-electron chi connectivity index (χ4n) is 0.344. The summed E-state index contributed by atoms with van der Waals surface area (Å²) in [6.07, 6.45) is 3.73. The second-order valence-corrected chi connectivity index (χ2v) is 1.77. The Hall–Kier alpha value is 1.59. The van der Waals surface area contributed by atoms with Crippen molar-refractivity contribution in [2.45, 2.75) is 26.2 Å². The maximum absolute atomic E-state index is 5.38. The summed E-state index contributed by atoms with van der Waals surface area (Å²) in [6.45, 7) is 2.17. The van der Waals surface area contributed by atoms with Gasteiger partial charge < -0.3 is 0 Å². The Labute approximate surface area is 90.7 Å². The van der Waals surface area contributed by atoms with Gasteiger partial charge in [-0.15, -0.1) is 48.8 Å². The monoisotopic (exact) mass is 248 g/mol. The number of rotatable bonds is 3. The van der Waals surface area contributed by atoms with Gasteiger partial charge in [0.25, 0.3) is 0 Å². The molecule has 0 amide bonds. The van der Waals surface area contributed by atoms with Crippen LogP contribution in [0.25, 0.3) is 0 Å². The first-order valence-corrected chi connectivity index (χ1v) is 3.01. The summed E-state index contributed by atoms with van der Waals surface area (Å²) in [5.41, 5.74) is 0. The van der Waals surface area contributed by atoms with Crippen LogP contribution in [0.15, 0.2) is 0 Å². The molecule has 0 saturated carbocycles. The first-order valence-electron chi connectivity index (χ1n) is 2.47. The molecule has 0 aromatic carbocycles. The van der Waals surface area contributed by atoms with E-state index in [1.807, 2.05) is 0 Å². The molecule has 0 aliphatic carbocycles. The Morgan fingerprint density at radius 1 is 1.00 bits per heavy atom. The van der Waals surface area contributed by atoms with Crippen molar-refractivity contribution in [3.05, 3.63) is 0 Å². The summed E-state index contributed by atoms with van der Waals surface area (Å²) in [6, 6.07) is 0. The molecule has 0 aromatic heterocycles. The molecule has 0 rings (SSSR count). The lowest BCUT2D eigenvalue weighted by Crippen LogP contribution is -1.70. The highest BCUT2D eigenvalue weighted by Crippen LogP contribution is 1.93. The third-order valence-corrected chi connectivity index (χ3v) is 1.00. The second kappa shape index (κ2) is 31.2. The van der Waals surface area contributed by atoms with Gasteiger partial charge in [0.05, 0.1) is 0 Å². The minimum Gasteiger partial charge on any atom is -0.153 e. The maximum Gasteiger partial charge on any atom is 0.0223 e. The smallest absolute Gasteiger partial charge is 0.0223 e. The van der Waals surface area contributed by atoms with Crippen molar-refractivity contribution in [2.75, 3.05) is 5.88 Å². The standard InChI is InChI=1S/C5H11Cl.3ClH.H3P/c1-2-3-4-5-6;;;;/h2-5H2,1H3;3*1H;1H3. The molecule has 0 fully saturated rings. The lowest BCUT2D eigenvalue weighted by Gasteiger charge is -1.84. The third kappa shape index (κ3) is 33.6. The highest BCUT2D eigenvalue weighted by Gasteiger charge is 1.76. The first-order chi connectivity index (χ1) is 2.91. The van der Waals surface area contributed by atoms with Gasteiger partial charge in [0.1, 0.15) is 0 Å². The van der Waals surface area contributed by atoms with Gasteiger partial charge in [-0.2, -0.15) is 9.90 Å². The lowest BCUT2D eigenvalue weighted by atomic mass is 10.3. The van der Waals surface area contributed by atoms with Gasteiger partial charge in [-0.25, -0.2) is 0 Å². The van der Waals surface area contributed by atoms with Crippen molar-refractivity contribution >= 4 is 58.7 Å². The number of unbranched alkanes of at least 4 members (excludes halogenated alkanes) is 2. The van der Waals surface area contributed by atoms with Crippen molar-refractivity contribution < 1.29 is 0 Å². The van der Waals surface area contributed by atoms with Crippen LogP contribution in [0.5, 0.6) is 0 Å². The fraction of sp³-hybridized carbons (Fsp3) is 1.00. The molecule has 0 bridgehead atoms. The SMILES string of the molecule is CCCCCCl.Cl.Cl.Cl.P. The summed E-state index contributed by atoms with van der Waals surface area (Å²) < 4.78 is 0. The van der Waals surface area contributed by atoms with E-state index < -0.39 is 0 Å². The summed E-state index contributed by atoms with van der Waals surface area (Å²) >= 11 is 5.38. The van der Waals surface area contributed by atoms with E-state index in [2.05, 4.69) is 6.92 Å². The minimum absolute atomic E-state index is 0. The van der Waals surface area contributed by atoms with Crippen LogP contribution in [-0.2, 0) is 0 Å². The van der Waals surface area contributed by atoms with Crippen LogP contribution < -0.4 is 0 Å². The van der Waals surface area contributed by atoms with Crippen LogP contribution in [0.4, 0.5) is 0 Å². The predicted molar refractivity (Wildman–Crippen MR) is 63.1 cm³/mol. The summed E-state index contributed by atoms with van der Waals surface area (Å²) in [5.74, 6) is 0.827. The van der Waals surface area contributed by atoms with Gasteiger partial charge >= 0.3 is 0 Å². The van der Waals surface area contributed by atoms with Gasteiger partial charge in [-0.1, -0.05) is 19.8 Å². The summed E-state index contributed by atoms with van der Waals surface area (Å²) in [7, 11) is 0. The molecule has 0 saturated heterocycles. The molecule has 0 aromatic rings. The Bertz CT molecular complexity index is 25.6. The molecule has 0 aliphatic heterocycles. The van der Waals surface area contributed by atoms with Crippen LogP contribution in [-0.4, -0.2) is 5.88 Å². The van der Waals surface area contributed by atoms with Crippen molar-refractivity contribution in [3.8, 4) is 0 Å². The molecular formula is C5H17Cl4P. The van der Waals surface area contributed by atoms with E-state index >= 15 is 0 Å². The Kier molecular flexibility index (Phi) is 93.3. The second-order valence-electron chi connectivity index (χ2n) is 1.40. The van der Waals surface area contributed by atoms with Crippen LogP contribution in [0.1, 0.15) is 26.2 Å². The molecule has 0 spiro atoms. The van der Waals surface area contributed by atoms with Gasteiger partial charge in [0.15, 0.2) is 0 Å². The maximum atomic E-state index is 5.38. The van der Waals surface area contributed by atoms with Gasteiger partial charge in [0.2, 0.25) is 0 Å². The number of hydrogen-bond donors (Lipinski definition) is 0. The van der Waals surface area contributed by atoms with Crippen LogP contribution in [0.2, 0.25) is 0 Å². The van der Waals surface area contributed by atoms with E-state index in [9.17, 15) is 0 Å². The van der Waals surface area contributed by atoms with Crippen molar-refractivity contribution in [1.29, 1.82) is 0 Å².